The van der Waals surface area contributed by atoms with E-state index in [9.17, 15) is 17.6 Å². The number of alkyl halides is 4. The molecule has 1 heterocycles. The van der Waals surface area contributed by atoms with Gasteiger partial charge in [-0.3, -0.25) is 4.99 Å². The Balaban J connectivity index is 2.10. The summed E-state index contributed by atoms with van der Waals surface area (Å²) in [6.45, 7) is -6.03. The van der Waals surface area contributed by atoms with Gasteiger partial charge in [0.2, 0.25) is 0 Å². The molecule has 2 N–H and O–H groups in total. The van der Waals surface area contributed by atoms with Crippen molar-refractivity contribution in [2.24, 2.45) is 10.7 Å². The van der Waals surface area contributed by atoms with E-state index in [1.165, 1.54) is 24.5 Å². The molecule has 0 aliphatic carbocycles. The molecule has 1 aliphatic rings. The van der Waals surface area contributed by atoms with E-state index < -0.39 is 19.3 Å². The van der Waals surface area contributed by atoms with Crippen LogP contribution < -0.4 is 20.1 Å². The normalized spacial score (nSPS) is 16.5. The van der Waals surface area contributed by atoms with E-state index in [-0.39, 0.29) is 18.0 Å². The molecule has 0 spiro atoms. The Morgan fingerprint density at radius 1 is 0.929 bits per heavy atom. The quantitative estimate of drug-likeness (QED) is 0.710. The molecular formula is C19H17F4N3O2. The van der Waals surface area contributed by atoms with Crippen LogP contribution in [0.1, 0.15) is 11.6 Å². The highest BCUT2D eigenvalue weighted by Gasteiger charge is 2.31. The molecule has 2 aromatic carbocycles. The molecule has 2 aromatic rings. The van der Waals surface area contributed by atoms with Gasteiger partial charge in [-0.2, -0.15) is 17.6 Å². The second kappa shape index (κ2) is 8.75. The number of benzene rings is 2. The lowest BCUT2D eigenvalue weighted by Gasteiger charge is -2.35. The fourth-order valence-electron chi connectivity index (χ4n) is 3.01. The Hall–Kier alpha value is -3.07. The van der Waals surface area contributed by atoms with Crippen molar-refractivity contribution in [2.75, 3.05) is 11.4 Å². The molecule has 3 rings (SSSR count). The summed E-state index contributed by atoms with van der Waals surface area (Å²) in [7, 11) is 0. The van der Waals surface area contributed by atoms with Gasteiger partial charge in [-0.25, -0.2) is 0 Å². The first-order valence-electron chi connectivity index (χ1n) is 8.30. The van der Waals surface area contributed by atoms with Crippen molar-refractivity contribution in [3.63, 3.8) is 0 Å². The SMILES string of the molecule is NCC1=NC=CN(c2ccccc2OC(F)F)C1c1ccccc1OC(F)F. The van der Waals surface area contributed by atoms with Crippen LogP contribution in [0.2, 0.25) is 0 Å². The second-order valence-corrected chi connectivity index (χ2v) is 5.70. The lowest BCUT2D eigenvalue weighted by Crippen LogP contribution is -2.36. The average Bonchev–Trinajstić information content (AvgIpc) is 2.67. The Kier molecular flexibility index (Phi) is 6.15. The van der Waals surface area contributed by atoms with E-state index in [0.717, 1.165) is 0 Å². The fourth-order valence-corrected chi connectivity index (χ4v) is 3.01. The van der Waals surface area contributed by atoms with E-state index >= 15 is 0 Å². The molecule has 0 amide bonds. The third-order valence-electron chi connectivity index (χ3n) is 4.06. The third kappa shape index (κ3) is 4.25. The van der Waals surface area contributed by atoms with Gasteiger partial charge in [-0.1, -0.05) is 30.3 Å². The van der Waals surface area contributed by atoms with Gasteiger partial charge >= 0.3 is 13.2 Å². The zero-order valence-corrected chi connectivity index (χ0v) is 14.5. The van der Waals surface area contributed by atoms with E-state index in [1.807, 2.05) is 0 Å². The maximum Gasteiger partial charge on any atom is 0.387 e. The Morgan fingerprint density at radius 3 is 2.21 bits per heavy atom. The number of para-hydroxylation sites is 3. The lowest BCUT2D eigenvalue weighted by molar-refractivity contribution is -0.0511. The summed E-state index contributed by atoms with van der Waals surface area (Å²) in [6, 6.07) is 11.6. The zero-order valence-electron chi connectivity index (χ0n) is 14.5. The van der Waals surface area contributed by atoms with Gasteiger partial charge in [0.25, 0.3) is 0 Å². The van der Waals surface area contributed by atoms with Crippen LogP contribution >= 0.6 is 0 Å². The van der Waals surface area contributed by atoms with Gasteiger partial charge in [0.05, 0.1) is 11.4 Å². The first-order chi connectivity index (χ1) is 13.5. The average molecular weight is 395 g/mol. The first kappa shape index (κ1) is 19.7. The number of ether oxygens (including phenoxy) is 2. The Morgan fingerprint density at radius 2 is 1.54 bits per heavy atom. The molecule has 0 fully saturated rings. The Bertz CT molecular complexity index is 874. The number of nitrogens with zero attached hydrogens (tertiary/aromatic N) is 2. The van der Waals surface area contributed by atoms with Crippen LogP contribution in [0.3, 0.4) is 0 Å². The largest absolute Gasteiger partial charge is 0.434 e. The van der Waals surface area contributed by atoms with Crippen molar-refractivity contribution in [1.82, 2.24) is 0 Å². The predicted molar refractivity (Wildman–Crippen MR) is 97.0 cm³/mol. The molecule has 0 bridgehead atoms. The van der Waals surface area contributed by atoms with E-state index in [4.69, 9.17) is 5.73 Å². The van der Waals surface area contributed by atoms with Crippen molar-refractivity contribution < 1.29 is 27.0 Å². The van der Waals surface area contributed by atoms with Crippen LogP contribution in [0.5, 0.6) is 11.5 Å². The van der Waals surface area contributed by atoms with Gasteiger partial charge in [0, 0.05) is 24.5 Å². The Labute approximate surface area is 158 Å². The standard InChI is InChI=1S/C19H17F4N3O2/c20-18(21)27-15-7-3-1-5-12(15)17-13(11-24)25-9-10-26(17)14-6-2-4-8-16(14)28-19(22)23/h1-10,17-19H,11,24H2. The van der Waals surface area contributed by atoms with Gasteiger partial charge in [0.1, 0.15) is 17.5 Å². The number of nitrogens with two attached hydrogens (primary N) is 1. The third-order valence-corrected chi connectivity index (χ3v) is 4.06. The van der Waals surface area contributed by atoms with Crippen LogP contribution in [-0.4, -0.2) is 25.5 Å². The van der Waals surface area contributed by atoms with Crippen LogP contribution in [0.4, 0.5) is 23.2 Å². The summed E-state index contributed by atoms with van der Waals surface area (Å²) < 4.78 is 60.7. The minimum Gasteiger partial charge on any atom is -0.434 e. The van der Waals surface area contributed by atoms with E-state index in [1.54, 1.807) is 41.3 Å². The lowest BCUT2D eigenvalue weighted by atomic mass is 9.97. The summed E-state index contributed by atoms with van der Waals surface area (Å²) in [5.41, 5.74) is 6.92. The number of hydrogen-bond acceptors (Lipinski definition) is 5. The molecule has 9 heteroatoms. The van der Waals surface area contributed by atoms with Gasteiger partial charge in [0.15, 0.2) is 0 Å². The number of hydrogen-bond donors (Lipinski definition) is 1. The molecule has 1 atom stereocenters. The van der Waals surface area contributed by atoms with Crippen molar-refractivity contribution in [3.8, 4) is 11.5 Å². The van der Waals surface area contributed by atoms with E-state index in [0.29, 0.717) is 17.0 Å². The second-order valence-electron chi connectivity index (χ2n) is 5.70. The molecule has 1 unspecified atom stereocenters. The van der Waals surface area contributed by atoms with Crippen LogP contribution in [-0.2, 0) is 0 Å². The number of halogens is 4. The molecule has 28 heavy (non-hydrogen) atoms. The van der Waals surface area contributed by atoms with Gasteiger partial charge < -0.3 is 20.1 Å². The molecule has 5 nitrogen and oxygen atoms in total. The van der Waals surface area contributed by atoms with Crippen molar-refractivity contribution in [3.05, 3.63) is 66.5 Å². The summed E-state index contributed by atoms with van der Waals surface area (Å²) in [4.78, 5) is 5.81. The topological polar surface area (TPSA) is 60.1 Å². The van der Waals surface area contributed by atoms with Gasteiger partial charge in [-0.05, 0) is 18.2 Å². The summed E-state index contributed by atoms with van der Waals surface area (Å²) in [6.07, 6.45) is 2.99. The fraction of sp³-hybridized carbons (Fsp3) is 0.211. The molecule has 0 radical (unpaired) electrons. The van der Waals surface area contributed by atoms with Crippen LogP contribution in [0.15, 0.2) is 65.9 Å². The smallest absolute Gasteiger partial charge is 0.387 e. The highest BCUT2D eigenvalue weighted by Crippen LogP contribution is 2.40. The molecule has 1 aliphatic heterocycles. The number of aliphatic imine (C=N–C) groups is 1. The van der Waals surface area contributed by atoms with Crippen molar-refractivity contribution in [1.29, 1.82) is 0 Å². The first-order valence-corrected chi connectivity index (χ1v) is 8.30. The summed E-state index contributed by atoms with van der Waals surface area (Å²) in [5, 5.41) is 0. The van der Waals surface area contributed by atoms with Crippen molar-refractivity contribution >= 4 is 11.4 Å². The van der Waals surface area contributed by atoms with Gasteiger partial charge in [-0.15, -0.1) is 0 Å². The van der Waals surface area contributed by atoms with Crippen molar-refractivity contribution in [2.45, 2.75) is 19.3 Å². The maximum absolute atomic E-state index is 12.9. The molecule has 0 saturated heterocycles. The van der Waals surface area contributed by atoms with Crippen LogP contribution in [0, 0.1) is 0 Å². The number of anilines is 1. The highest BCUT2D eigenvalue weighted by molar-refractivity contribution is 5.97. The predicted octanol–water partition coefficient (Wildman–Crippen LogP) is 4.32. The molecule has 0 aromatic heterocycles. The number of rotatable bonds is 7. The monoisotopic (exact) mass is 395 g/mol. The zero-order chi connectivity index (χ0) is 20.1. The molecular weight excluding hydrogens is 378 g/mol. The molecule has 0 saturated carbocycles. The highest BCUT2D eigenvalue weighted by atomic mass is 19.3. The molecule has 148 valence electrons. The summed E-state index contributed by atoms with van der Waals surface area (Å²) >= 11 is 0. The maximum atomic E-state index is 12.9. The minimum absolute atomic E-state index is 0.0202. The summed E-state index contributed by atoms with van der Waals surface area (Å²) in [5.74, 6) is -0.131. The van der Waals surface area contributed by atoms with E-state index in [2.05, 4.69) is 14.5 Å². The minimum atomic E-state index is -3.03. The van der Waals surface area contributed by atoms with Crippen LogP contribution in [0.25, 0.3) is 0 Å².